The molecule has 1 atom stereocenters. The lowest BCUT2D eigenvalue weighted by Gasteiger charge is -2.10. The second-order valence-corrected chi connectivity index (χ2v) is 4.66. The number of nitrogens with two attached hydrogens (primary N) is 1. The maximum Gasteiger partial charge on any atom is 0.159 e. The van der Waals surface area contributed by atoms with Crippen molar-refractivity contribution in [3.63, 3.8) is 0 Å². The lowest BCUT2D eigenvalue weighted by Crippen LogP contribution is -2.09. The zero-order chi connectivity index (χ0) is 13.3. The van der Waals surface area contributed by atoms with Crippen molar-refractivity contribution in [2.75, 3.05) is 0 Å². The Morgan fingerprint density at radius 1 is 1.06 bits per heavy atom. The Hall–Kier alpha value is -1.81. The van der Waals surface area contributed by atoms with Gasteiger partial charge in [-0.15, -0.1) is 0 Å². The maximum atomic E-state index is 5.86. The van der Waals surface area contributed by atoms with E-state index in [-0.39, 0.29) is 6.04 Å². The molecule has 0 saturated heterocycles. The third kappa shape index (κ3) is 2.54. The number of aryl methyl sites for hydroxylation is 3. The van der Waals surface area contributed by atoms with Crippen LogP contribution in [0.3, 0.4) is 0 Å². The predicted molar refractivity (Wildman–Crippen MR) is 72.1 cm³/mol. The average molecular weight is 242 g/mol. The molecule has 2 heterocycles. The van der Waals surface area contributed by atoms with Crippen LogP contribution >= 0.6 is 0 Å². The summed E-state index contributed by atoms with van der Waals surface area (Å²) in [6, 6.07) is 3.95. The number of hydrogen-bond donors (Lipinski definition) is 1. The van der Waals surface area contributed by atoms with Crippen LogP contribution in [0.15, 0.2) is 18.3 Å². The smallest absolute Gasteiger partial charge is 0.159 e. The molecule has 0 amide bonds. The van der Waals surface area contributed by atoms with Gasteiger partial charge in [0.15, 0.2) is 5.82 Å². The predicted octanol–water partition coefficient (Wildman–Crippen LogP) is 2.48. The van der Waals surface area contributed by atoms with E-state index in [1.165, 1.54) is 0 Å². The molecule has 2 rings (SSSR count). The second-order valence-electron chi connectivity index (χ2n) is 4.66. The van der Waals surface area contributed by atoms with Crippen LogP contribution in [0.5, 0.6) is 0 Å². The molecule has 0 aromatic carbocycles. The van der Waals surface area contributed by atoms with Crippen molar-refractivity contribution in [2.24, 2.45) is 5.73 Å². The first-order valence-electron chi connectivity index (χ1n) is 6.02. The van der Waals surface area contributed by atoms with Gasteiger partial charge in [-0.2, -0.15) is 0 Å². The first kappa shape index (κ1) is 12.6. The van der Waals surface area contributed by atoms with Crippen LogP contribution in [0.25, 0.3) is 11.4 Å². The molecule has 0 radical (unpaired) electrons. The van der Waals surface area contributed by atoms with Gasteiger partial charge in [-0.05, 0) is 39.8 Å². The van der Waals surface area contributed by atoms with Gasteiger partial charge in [0.2, 0.25) is 0 Å². The van der Waals surface area contributed by atoms with Crippen LogP contribution in [0.2, 0.25) is 0 Å². The fourth-order valence-corrected chi connectivity index (χ4v) is 2.03. The molecule has 0 aliphatic heterocycles. The van der Waals surface area contributed by atoms with E-state index >= 15 is 0 Å². The standard InChI is InChI=1S/C14H18N4/c1-8-5-12(6-9(2)17-8)14-16-7-13(10(3)15)11(4)18-14/h5-7,10H,15H2,1-4H3/t10-/m1/s1. The highest BCUT2D eigenvalue weighted by Gasteiger charge is 2.09. The fraction of sp³-hybridized carbons (Fsp3) is 0.357. The first-order chi connectivity index (χ1) is 8.47. The van der Waals surface area contributed by atoms with Crippen molar-refractivity contribution in [3.8, 4) is 11.4 Å². The summed E-state index contributed by atoms with van der Waals surface area (Å²) in [5, 5.41) is 0. The minimum Gasteiger partial charge on any atom is -0.324 e. The van der Waals surface area contributed by atoms with Crippen molar-refractivity contribution in [2.45, 2.75) is 33.7 Å². The molecule has 0 bridgehead atoms. The van der Waals surface area contributed by atoms with E-state index in [1.807, 2.05) is 46.0 Å². The van der Waals surface area contributed by atoms with Crippen LogP contribution in [-0.2, 0) is 0 Å². The van der Waals surface area contributed by atoms with E-state index in [1.54, 1.807) is 0 Å². The molecule has 0 fully saturated rings. The monoisotopic (exact) mass is 242 g/mol. The van der Waals surface area contributed by atoms with Gasteiger partial charge in [-0.25, -0.2) is 9.97 Å². The third-order valence-electron chi connectivity index (χ3n) is 2.85. The lowest BCUT2D eigenvalue weighted by atomic mass is 10.1. The minimum atomic E-state index is -0.0417. The van der Waals surface area contributed by atoms with Crippen molar-refractivity contribution in [3.05, 3.63) is 41.0 Å². The molecule has 2 aromatic rings. The Kier molecular flexibility index (Phi) is 3.39. The van der Waals surface area contributed by atoms with E-state index in [0.717, 1.165) is 34.0 Å². The molecule has 4 nitrogen and oxygen atoms in total. The SMILES string of the molecule is Cc1cc(-c2ncc([C@@H](C)N)c(C)n2)cc(C)n1. The molecule has 18 heavy (non-hydrogen) atoms. The average Bonchev–Trinajstić information content (AvgIpc) is 2.26. The van der Waals surface area contributed by atoms with Gasteiger partial charge < -0.3 is 5.73 Å². The molecular weight excluding hydrogens is 224 g/mol. The number of rotatable bonds is 2. The van der Waals surface area contributed by atoms with Crippen LogP contribution in [0.1, 0.15) is 35.6 Å². The van der Waals surface area contributed by atoms with Gasteiger partial charge in [-0.3, -0.25) is 4.98 Å². The summed E-state index contributed by atoms with van der Waals surface area (Å²) in [7, 11) is 0. The Morgan fingerprint density at radius 3 is 2.17 bits per heavy atom. The minimum absolute atomic E-state index is 0.0417. The van der Waals surface area contributed by atoms with Gasteiger partial charge in [0.1, 0.15) is 0 Å². The third-order valence-corrected chi connectivity index (χ3v) is 2.85. The number of pyridine rings is 1. The van der Waals surface area contributed by atoms with Crippen LogP contribution in [0, 0.1) is 20.8 Å². The number of aromatic nitrogens is 3. The van der Waals surface area contributed by atoms with Gasteiger partial charge in [-0.1, -0.05) is 0 Å². The molecule has 0 spiro atoms. The molecule has 2 N–H and O–H groups in total. The summed E-state index contributed by atoms with van der Waals surface area (Å²) >= 11 is 0. The molecule has 2 aromatic heterocycles. The lowest BCUT2D eigenvalue weighted by molar-refractivity contribution is 0.790. The van der Waals surface area contributed by atoms with Crippen molar-refractivity contribution in [1.29, 1.82) is 0 Å². The molecule has 0 aliphatic rings. The summed E-state index contributed by atoms with van der Waals surface area (Å²) < 4.78 is 0. The molecule has 0 unspecified atom stereocenters. The number of nitrogens with zero attached hydrogens (tertiary/aromatic N) is 3. The van der Waals surface area contributed by atoms with Crippen LogP contribution in [0.4, 0.5) is 0 Å². The van der Waals surface area contributed by atoms with Crippen LogP contribution < -0.4 is 5.73 Å². The summed E-state index contributed by atoms with van der Waals surface area (Å²) in [5.41, 5.74) is 10.7. The molecular formula is C14H18N4. The second kappa shape index (κ2) is 4.82. The molecule has 0 saturated carbocycles. The summed E-state index contributed by atoms with van der Waals surface area (Å²) in [4.78, 5) is 13.3. The van der Waals surface area contributed by atoms with Gasteiger partial charge in [0.05, 0.1) is 0 Å². The molecule has 94 valence electrons. The Bertz CT molecular complexity index is 556. The van der Waals surface area contributed by atoms with E-state index in [0.29, 0.717) is 0 Å². The summed E-state index contributed by atoms with van der Waals surface area (Å²) in [5.74, 6) is 0.727. The first-order valence-corrected chi connectivity index (χ1v) is 6.02. The highest BCUT2D eigenvalue weighted by atomic mass is 14.9. The highest BCUT2D eigenvalue weighted by molar-refractivity contribution is 5.56. The van der Waals surface area contributed by atoms with Gasteiger partial charge in [0.25, 0.3) is 0 Å². The largest absolute Gasteiger partial charge is 0.324 e. The fourth-order valence-electron chi connectivity index (χ4n) is 2.03. The Morgan fingerprint density at radius 2 is 1.67 bits per heavy atom. The van der Waals surface area contributed by atoms with Crippen LogP contribution in [-0.4, -0.2) is 15.0 Å². The van der Waals surface area contributed by atoms with Gasteiger partial charge >= 0.3 is 0 Å². The maximum absolute atomic E-state index is 5.86. The van der Waals surface area contributed by atoms with Gasteiger partial charge in [0, 0.05) is 40.4 Å². The highest BCUT2D eigenvalue weighted by Crippen LogP contribution is 2.19. The summed E-state index contributed by atoms with van der Waals surface area (Å²) in [6.07, 6.45) is 1.81. The zero-order valence-corrected chi connectivity index (χ0v) is 11.2. The normalized spacial score (nSPS) is 12.5. The Labute approximate surface area is 107 Å². The molecule has 0 aliphatic carbocycles. The molecule has 4 heteroatoms. The zero-order valence-electron chi connectivity index (χ0n) is 11.2. The van der Waals surface area contributed by atoms with E-state index in [4.69, 9.17) is 5.73 Å². The quantitative estimate of drug-likeness (QED) is 0.878. The van der Waals surface area contributed by atoms with Crippen molar-refractivity contribution >= 4 is 0 Å². The van der Waals surface area contributed by atoms with E-state index < -0.39 is 0 Å². The van der Waals surface area contributed by atoms with E-state index in [9.17, 15) is 0 Å². The van der Waals surface area contributed by atoms with Crippen molar-refractivity contribution in [1.82, 2.24) is 15.0 Å². The number of hydrogen-bond acceptors (Lipinski definition) is 4. The Balaban J connectivity index is 2.48. The van der Waals surface area contributed by atoms with E-state index in [2.05, 4.69) is 15.0 Å². The van der Waals surface area contributed by atoms with Crippen molar-refractivity contribution < 1.29 is 0 Å². The summed E-state index contributed by atoms with van der Waals surface area (Å²) in [6.45, 7) is 7.84. The topological polar surface area (TPSA) is 64.7 Å².